The van der Waals surface area contributed by atoms with Crippen LogP contribution in [-0.2, 0) is 10.0 Å². The third kappa shape index (κ3) is 3.09. The average molecular weight is 395 g/mol. The molecular formula is C17H25N5O4S. The van der Waals surface area contributed by atoms with Crippen molar-refractivity contribution in [2.45, 2.75) is 51.0 Å². The molecule has 2 saturated heterocycles. The van der Waals surface area contributed by atoms with Crippen LogP contribution in [0.2, 0.25) is 0 Å². The summed E-state index contributed by atoms with van der Waals surface area (Å²) in [7, 11) is -1.51. The number of hydrogen-bond donors (Lipinski definition) is 0. The summed E-state index contributed by atoms with van der Waals surface area (Å²) < 4.78 is 37.8. The second-order valence-corrected chi connectivity index (χ2v) is 9.74. The lowest BCUT2D eigenvalue weighted by Gasteiger charge is -2.38. The molecular weight excluding hydrogens is 370 g/mol. The molecule has 0 aromatic carbocycles. The van der Waals surface area contributed by atoms with Crippen molar-refractivity contribution in [3.8, 4) is 0 Å². The SMILES string of the molecule is Cc1nc(C2CC3(CCN(S(=O)(=O)c4c(C)noc4C)CC3)CN2C)no1. The lowest BCUT2D eigenvalue weighted by Crippen LogP contribution is -2.44. The highest BCUT2D eigenvalue weighted by atomic mass is 32.2. The maximum atomic E-state index is 13.0. The fraction of sp³-hybridized carbons (Fsp3) is 0.706. The van der Waals surface area contributed by atoms with Gasteiger partial charge in [0.2, 0.25) is 15.9 Å². The Hall–Kier alpha value is -1.78. The van der Waals surface area contributed by atoms with Crippen molar-refractivity contribution in [1.29, 1.82) is 0 Å². The first-order chi connectivity index (χ1) is 12.7. The van der Waals surface area contributed by atoms with Crippen molar-refractivity contribution < 1.29 is 17.5 Å². The molecule has 148 valence electrons. The first-order valence-electron chi connectivity index (χ1n) is 9.15. The number of nitrogens with zero attached hydrogens (tertiary/aromatic N) is 5. The van der Waals surface area contributed by atoms with Crippen LogP contribution < -0.4 is 0 Å². The highest BCUT2D eigenvalue weighted by Crippen LogP contribution is 2.48. The first kappa shape index (κ1) is 18.6. The summed E-state index contributed by atoms with van der Waals surface area (Å²) in [6, 6.07) is 0.119. The number of aryl methyl sites for hydroxylation is 3. The van der Waals surface area contributed by atoms with E-state index in [-0.39, 0.29) is 16.4 Å². The van der Waals surface area contributed by atoms with Gasteiger partial charge in [0.25, 0.3) is 0 Å². The van der Waals surface area contributed by atoms with E-state index in [0.29, 0.717) is 30.4 Å². The minimum absolute atomic E-state index is 0.0821. The van der Waals surface area contributed by atoms with Crippen LogP contribution in [0.1, 0.15) is 48.5 Å². The van der Waals surface area contributed by atoms with Crippen LogP contribution in [-0.4, -0.2) is 59.6 Å². The summed E-state index contributed by atoms with van der Waals surface area (Å²) in [4.78, 5) is 6.85. The van der Waals surface area contributed by atoms with Crippen molar-refractivity contribution in [1.82, 2.24) is 24.5 Å². The number of sulfonamides is 1. The Kier molecular flexibility index (Phi) is 4.39. The second kappa shape index (κ2) is 6.39. The lowest BCUT2D eigenvalue weighted by molar-refractivity contribution is 0.161. The fourth-order valence-electron chi connectivity index (χ4n) is 4.54. The van der Waals surface area contributed by atoms with Gasteiger partial charge in [-0.2, -0.15) is 9.29 Å². The molecule has 1 spiro atoms. The highest BCUT2D eigenvalue weighted by molar-refractivity contribution is 7.89. The summed E-state index contributed by atoms with van der Waals surface area (Å²) in [5.41, 5.74) is 0.500. The Morgan fingerprint density at radius 1 is 1.11 bits per heavy atom. The van der Waals surface area contributed by atoms with E-state index in [4.69, 9.17) is 9.05 Å². The van der Waals surface area contributed by atoms with E-state index in [9.17, 15) is 8.42 Å². The minimum Gasteiger partial charge on any atom is -0.360 e. The van der Waals surface area contributed by atoms with Gasteiger partial charge in [0.05, 0.1) is 6.04 Å². The molecule has 2 aromatic rings. The lowest BCUT2D eigenvalue weighted by atomic mass is 9.77. The molecule has 10 heteroatoms. The van der Waals surface area contributed by atoms with Gasteiger partial charge in [0.1, 0.15) is 10.6 Å². The maximum Gasteiger partial charge on any atom is 0.248 e. The zero-order valence-corrected chi connectivity index (χ0v) is 16.9. The zero-order valence-electron chi connectivity index (χ0n) is 16.1. The third-order valence-electron chi connectivity index (χ3n) is 5.93. The molecule has 2 aromatic heterocycles. The smallest absolute Gasteiger partial charge is 0.248 e. The highest BCUT2D eigenvalue weighted by Gasteiger charge is 2.48. The Balaban J connectivity index is 1.49. The van der Waals surface area contributed by atoms with Gasteiger partial charge in [-0.15, -0.1) is 0 Å². The maximum absolute atomic E-state index is 13.0. The minimum atomic E-state index is -3.58. The monoisotopic (exact) mass is 395 g/mol. The normalized spacial score (nSPS) is 24.1. The molecule has 0 saturated carbocycles. The molecule has 0 N–H and O–H groups in total. The molecule has 0 amide bonds. The molecule has 1 unspecified atom stereocenters. The van der Waals surface area contributed by atoms with Crippen LogP contribution in [0.25, 0.3) is 0 Å². The van der Waals surface area contributed by atoms with Crippen molar-refractivity contribution in [2.24, 2.45) is 5.41 Å². The van der Waals surface area contributed by atoms with E-state index < -0.39 is 10.0 Å². The van der Waals surface area contributed by atoms with E-state index in [1.807, 2.05) is 0 Å². The summed E-state index contributed by atoms with van der Waals surface area (Å²) in [6.45, 7) is 7.00. The zero-order chi connectivity index (χ0) is 19.4. The molecule has 0 aliphatic carbocycles. The summed E-state index contributed by atoms with van der Waals surface area (Å²) in [5, 5.41) is 7.88. The van der Waals surface area contributed by atoms with Crippen molar-refractivity contribution >= 4 is 10.0 Å². The van der Waals surface area contributed by atoms with E-state index in [2.05, 4.69) is 27.2 Å². The van der Waals surface area contributed by atoms with Crippen LogP contribution >= 0.6 is 0 Å². The summed E-state index contributed by atoms with van der Waals surface area (Å²) in [6.07, 6.45) is 2.54. The number of hydrogen-bond acceptors (Lipinski definition) is 8. The predicted octanol–water partition coefficient (Wildman–Crippen LogP) is 1.83. The molecule has 27 heavy (non-hydrogen) atoms. The van der Waals surface area contributed by atoms with Crippen LogP contribution in [0.3, 0.4) is 0 Å². The quantitative estimate of drug-likeness (QED) is 0.775. The van der Waals surface area contributed by atoms with Crippen molar-refractivity contribution in [3.63, 3.8) is 0 Å². The fourth-order valence-corrected chi connectivity index (χ4v) is 6.28. The molecule has 0 bridgehead atoms. The number of likely N-dealkylation sites (tertiary alicyclic amines) is 1. The molecule has 4 heterocycles. The Morgan fingerprint density at radius 3 is 2.37 bits per heavy atom. The third-order valence-corrected chi connectivity index (χ3v) is 8.08. The standard InChI is InChI=1S/C17H25N5O4S/c1-11-15(12(2)25-19-11)27(23,24)22-7-5-17(6-8-22)9-14(21(4)10-17)16-18-13(3)26-20-16/h14H,5-10H2,1-4H3. The van der Waals surface area contributed by atoms with Gasteiger partial charge in [-0.1, -0.05) is 10.3 Å². The molecule has 0 radical (unpaired) electrons. The topological polar surface area (TPSA) is 106 Å². The van der Waals surface area contributed by atoms with Crippen LogP contribution in [0.15, 0.2) is 13.9 Å². The number of aromatic nitrogens is 3. The van der Waals surface area contributed by atoms with Crippen LogP contribution in [0.4, 0.5) is 0 Å². The van der Waals surface area contributed by atoms with Crippen molar-refractivity contribution in [3.05, 3.63) is 23.2 Å². The van der Waals surface area contributed by atoms with E-state index >= 15 is 0 Å². The Bertz CT molecular complexity index is 923. The molecule has 1 atom stereocenters. The van der Waals surface area contributed by atoms with Gasteiger partial charge in [-0.3, -0.25) is 4.90 Å². The number of rotatable bonds is 3. The van der Waals surface area contributed by atoms with Crippen LogP contribution in [0.5, 0.6) is 0 Å². The molecule has 9 nitrogen and oxygen atoms in total. The number of piperidine rings is 1. The van der Waals surface area contributed by atoms with Gasteiger partial charge >= 0.3 is 0 Å². The summed E-state index contributed by atoms with van der Waals surface area (Å²) in [5.74, 6) is 1.64. The summed E-state index contributed by atoms with van der Waals surface area (Å²) >= 11 is 0. The van der Waals surface area contributed by atoms with E-state index in [1.165, 1.54) is 0 Å². The van der Waals surface area contributed by atoms with Gasteiger partial charge in [0.15, 0.2) is 11.6 Å². The van der Waals surface area contributed by atoms with E-state index in [1.54, 1.807) is 25.1 Å². The largest absolute Gasteiger partial charge is 0.360 e. The molecule has 2 aliphatic heterocycles. The molecule has 2 fully saturated rings. The predicted molar refractivity (Wildman–Crippen MR) is 95.4 cm³/mol. The average Bonchev–Trinajstić information content (AvgIpc) is 3.26. The van der Waals surface area contributed by atoms with Gasteiger partial charge in [-0.05, 0) is 45.6 Å². The van der Waals surface area contributed by atoms with E-state index in [0.717, 1.165) is 31.6 Å². The Labute approximate surface area is 158 Å². The van der Waals surface area contributed by atoms with Gasteiger partial charge in [-0.25, -0.2) is 8.42 Å². The van der Waals surface area contributed by atoms with Crippen LogP contribution in [0, 0.1) is 26.2 Å². The second-order valence-electron chi connectivity index (χ2n) is 7.86. The van der Waals surface area contributed by atoms with Gasteiger partial charge in [0, 0.05) is 26.6 Å². The Morgan fingerprint density at radius 2 is 1.81 bits per heavy atom. The molecule has 4 rings (SSSR count). The first-order valence-corrected chi connectivity index (χ1v) is 10.6. The van der Waals surface area contributed by atoms with Gasteiger partial charge < -0.3 is 9.05 Å². The van der Waals surface area contributed by atoms with Crippen molar-refractivity contribution in [2.75, 3.05) is 26.7 Å². The molecule has 2 aliphatic rings.